The lowest BCUT2D eigenvalue weighted by molar-refractivity contribution is -0.119. The summed E-state index contributed by atoms with van der Waals surface area (Å²) in [5.41, 5.74) is 2.38. The van der Waals surface area contributed by atoms with Crippen molar-refractivity contribution in [2.24, 2.45) is 0 Å². The maximum Gasteiger partial charge on any atom is 0.257 e. The molecule has 1 saturated heterocycles. The maximum atomic E-state index is 15.1. The molecule has 2 aliphatic heterocycles. The van der Waals surface area contributed by atoms with Gasteiger partial charge in [-0.15, -0.1) is 0 Å². The molecule has 0 spiro atoms. The van der Waals surface area contributed by atoms with Crippen LogP contribution in [0, 0.1) is 11.6 Å². The number of aromatic nitrogens is 3. The molecule has 0 bridgehead atoms. The van der Waals surface area contributed by atoms with Crippen LogP contribution < -0.4 is 25.6 Å². The van der Waals surface area contributed by atoms with E-state index in [0.717, 1.165) is 57.1 Å². The second kappa shape index (κ2) is 21.4. The van der Waals surface area contributed by atoms with Gasteiger partial charge in [-0.1, -0.05) is 18.2 Å². The molecular weight excluding hydrogens is 801 g/mol. The van der Waals surface area contributed by atoms with Gasteiger partial charge in [-0.2, -0.15) is 0 Å². The van der Waals surface area contributed by atoms with Crippen LogP contribution in [0.25, 0.3) is 11.3 Å². The van der Waals surface area contributed by atoms with Crippen LogP contribution in [-0.2, 0) is 14.4 Å². The third-order valence-electron chi connectivity index (χ3n) is 11.3. The van der Waals surface area contributed by atoms with Gasteiger partial charge in [-0.25, -0.2) is 23.7 Å². The van der Waals surface area contributed by atoms with E-state index in [1.807, 2.05) is 37.1 Å². The Labute approximate surface area is 359 Å². The number of aldehydes is 3. The summed E-state index contributed by atoms with van der Waals surface area (Å²) in [6, 6.07) is 10.7. The summed E-state index contributed by atoms with van der Waals surface area (Å²) in [6.07, 6.45) is 8.59. The van der Waals surface area contributed by atoms with Crippen molar-refractivity contribution in [3.63, 3.8) is 0 Å². The van der Waals surface area contributed by atoms with Crippen LogP contribution in [-0.4, -0.2) is 120 Å². The third-order valence-corrected chi connectivity index (χ3v) is 11.3. The number of hydrogen-bond donors (Lipinski definition) is 3. The average Bonchev–Trinajstić information content (AvgIpc) is 3.28. The summed E-state index contributed by atoms with van der Waals surface area (Å²) in [6.45, 7) is 8.08. The third kappa shape index (κ3) is 11.1. The zero-order chi connectivity index (χ0) is 44.2. The smallest absolute Gasteiger partial charge is 0.257 e. The fourth-order valence-electron chi connectivity index (χ4n) is 7.83. The SMILES string of the molecule is CC(C)N1CCOc2c(F)cc(-c3nc(Nc4ccc(C5CCN(CCCCNC(=O)CNc6cccc(C=O)c6C(=O)N(C)C(C=O)CCC=O)CC5)cn4)ncc3F)cc21. The molecule has 1 atom stereocenters. The first-order valence-electron chi connectivity index (χ1n) is 21.0. The van der Waals surface area contributed by atoms with Crippen LogP contribution in [0.4, 0.5) is 31.9 Å². The van der Waals surface area contributed by atoms with Gasteiger partial charge in [-0.05, 0) is 101 Å². The van der Waals surface area contributed by atoms with Crippen LogP contribution in [0.5, 0.6) is 5.75 Å². The average molecular weight is 854 g/mol. The molecule has 1 unspecified atom stereocenters. The second-order valence-corrected chi connectivity index (χ2v) is 15.7. The number of fused-ring (bicyclic) bond motifs is 1. The van der Waals surface area contributed by atoms with E-state index in [1.54, 1.807) is 18.2 Å². The van der Waals surface area contributed by atoms with Gasteiger partial charge in [0.15, 0.2) is 23.7 Å². The molecule has 62 heavy (non-hydrogen) atoms. The number of hydrogen-bond acceptors (Lipinski definition) is 13. The number of likely N-dealkylation sites (N-methyl/N-ethyl adjacent to an activating group) is 1. The van der Waals surface area contributed by atoms with Crippen molar-refractivity contribution in [3.05, 3.63) is 83.2 Å². The number of benzene rings is 2. The maximum absolute atomic E-state index is 15.1. The number of halogens is 2. The van der Waals surface area contributed by atoms with Crippen molar-refractivity contribution < 1.29 is 37.5 Å². The Hall–Kier alpha value is -6.36. The van der Waals surface area contributed by atoms with Crippen LogP contribution in [0.3, 0.4) is 0 Å². The van der Waals surface area contributed by atoms with E-state index >= 15 is 8.78 Å². The van der Waals surface area contributed by atoms with Crippen molar-refractivity contribution in [1.82, 2.24) is 30.1 Å². The van der Waals surface area contributed by atoms with Gasteiger partial charge < -0.3 is 45.0 Å². The van der Waals surface area contributed by atoms with E-state index < -0.39 is 23.6 Å². The van der Waals surface area contributed by atoms with Crippen molar-refractivity contribution in [1.29, 1.82) is 0 Å². The molecule has 1 fully saturated rings. The van der Waals surface area contributed by atoms with Gasteiger partial charge in [0.1, 0.15) is 30.7 Å². The number of piperidine rings is 1. The van der Waals surface area contributed by atoms with Crippen molar-refractivity contribution >= 4 is 53.8 Å². The molecule has 2 aliphatic rings. The topological polar surface area (TPSA) is 179 Å². The van der Waals surface area contributed by atoms with E-state index in [4.69, 9.17) is 4.74 Å². The summed E-state index contributed by atoms with van der Waals surface area (Å²) < 4.78 is 35.7. The second-order valence-electron chi connectivity index (χ2n) is 15.7. The molecule has 0 saturated carbocycles. The van der Waals surface area contributed by atoms with Gasteiger partial charge in [0.2, 0.25) is 11.9 Å². The Kier molecular flexibility index (Phi) is 15.6. The van der Waals surface area contributed by atoms with Gasteiger partial charge in [0, 0.05) is 49.1 Å². The van der Waals surface area contributed by atoms with Gasteiger partial charge in [0.25, 0.3) is 5.91 Å². The molecule has 17 heteroatoms. The summed E-state index contributed by atoms with van der Waals surface area (Å²) in [5.74, 6) is -0.973. The highest BCUT2D eigenvalue weighted by molar-refractivity contribution is 6.07. The van der Waals surface area contributed by atoms with Crippen molar-refractivity contribution in [3.8, 4) is 17.0 Å². The Bertz CT molecular complexity index is 2220. The minimum atomic E-state index is -0.840. The standard InChI is InChI=1S/C45H53F2N9O6/c1-29(2)56-19-21-62-43-35(46)22-33(23-38(43)56)42-36(47)25-51-45(53-42)52-39-12-11-31(24-50-39)30-13-17-55(18-14-30)16-5-4-15-48-40(60)26-49-37-10-6-8-32(27-58)41(37)44(61)54(3)34(28-59)9-7-20-57/h6,8,10-12,20,22-25,27-30,34,49H,4-5,7,9,13-19,21,26H2,1-3H3,(H,48,60)(H,50,51,52,53). The summed E-state index contributed by atoms with van der Waals surface area (Å²) >= 11 is 0. The Morgan fingerprint density at radius 1 is 1.00 bits per heavy atom. The van der Waals surface area contributed by atoms with Gasteiger partial charge in [0.05, 0.1) is 36.6 Å². The minimum absolute atomic E-state index is 0.0338. The number of amides is 2. The lowest BCUT2D eigenvalue weighted by atomic mass is 9.90. The minimum Gasteiger partial charge on any atom is -0.486 e. The first-order valence-corrected chi connectivity index (χ1v) is 21.0. The van der Waals surface area contributed by atoms with Crippen LogP contribution in [0.2, 0.25) is 0 Å². The summed E-state index contributed by atoms with van der Waals surface area (Å²) in [7, 11) is 1.44. The summed E-state index contributed by atoms with van der Waals surface area (Å²) in [5, 5.41) is 8.91. The molecule has 6 rings (SSSR count). The number of unbranched alkanes of at least 4 members (excludes halogenated alkanes) is 1. The van der Waals surface area contributed by atoms with Gasteiger partial charge >= 0.3 is 0 Å². The number of pyridine rings is 1. The molecule has 0 aliphatic carbocycles. The van der Waals surface area contributed by atoms with E-state index in [9.17, 15) is 24.0 Å². The van der Waals surface area contributed by atoms with Crippen LogP contribution in [0.15, 0.2) is 54.9 Å². The molecule has 4 aromatic rings. The van der Waals surface area contributed by atoms with E-state index in [1.165, 1.54) is 24.1 Å². The first kappa shape index (κ1) is 45.2. The number of anilines is 4. The van der Waals surface area contributed by atoms with E-state index in [-0.39, 0.29) is 71.1 Å². The lowest BCUT2D eigenvalue weighted by Gasteiger charge is -2.34. The molecule has 328 valence electrons. The number of nitrogens with one attached hydrogen (secondary N) is 3. The fourth-order valence-corrected chi connectivity index (χ4v) is 7.83. The normalized spacial score (nSPS) is 14.6. The zero-order valence-corrected chi connectivity index (χ0v) is 35.2. The van der Waals surface area contributed by atoms with Crippen LogP contribution >= 0.6 is 0 Å². The molecule has 0 radical (unpaired) electrons. The van der Waals surface area contributed by atoms with Crippen molar-refractivity contribution in [2.75, 3.05) is 68.5 Å². The largest absolute Gasteiger partial charge is 0.486 e. The Balaban J connectivity index is 0.925. The van der Waals surface area contributed by atoms with Crippen LogP contribution in [0.1, 0.15) is 84.6 Å². The van der Waals surface area contributed by atoms with Crippen molar-refractivity contribution in [2.45, 2.75) is 70.4 Å². The molecule has 4 heterocycles. The highest BCUT2D eigenvalue weighted by atomic mass is 19.1. The predicted molar refractivity (Wildman–Crippen MR) is 231 cm³/mol. The van der Waals surface area contributed by atoms with Gasteiger partial charge in [-0.3, -0.25) is 14.4 Å². The lowest BCUT2D eigenvalue weighted by Crippen LogP contribution is -2.39. The quantitative estimate of drug-likeness (QED) is 0.0720. The number of likely N-dealkylation sites (tertiary alicyclic amines) is 1. The fraction of sp³-hybridized carbons (Fsp3) is 0.422. The molecule has 2 aromatic carbocycles. The molecule has 3 N–H and O–H groups in total. The highest BCUT2D eigenvalue weighted by Crippen LogP contribution is 2.39. The first-order chi connectivity index (χ1) is 30.0. The van der Waals surface area contributed by atoms with E-state index in [0.29, 0.717) is 56.0 Å². The highest BCUT2D eigenvalue weighted by Gasteiger charge is 2.27. The number of ether oxygens (including phenoxy) is 1. The zero-order valence-electron chi connectivity index (χ0n) is 35.2. The predicted octanol–water partition coefficient (Wildman–Crippen LogP) is 5.79. The number of rotatable bonds is 20. The number of nitrogens with zero attached hydrogens (tertiary/aromatic N) is 6. The molecule has 15 nitrogen and oxygen atoms in total. The molecular formula is C45H53F2N9O6. The Morgan fingerprint density at radius 3 is 2.52 bits per heavy atom. The summed E-state index contributed by atoms with van der Waals surface area (Å²) in [4.78, 5) is 78.9. The molecule has 2 amide bonds. The molecule has 2 aromatic heterocycles. The Morgan fingerprint density at radius 2 is 1.81 bits per heavy atom. The number of carbonyl (C=O) groups is 5. The monoisotopic (exact) mass is 853 g/mol. The van der Waals surface area contributed by atoms with E-state index in [2.05, 4.69) is 35.8 Å². The number of carbonyl (C=O) groups excluding carboxylic acids is 5.